The number of rotatable bonds is 3. The molecule has 0 atom stereocenters. The Morgan fingerprint density at radius 2 is 1.00 bits per heavy atom. The van der Waals surface area contributed by atoms with Crippen LogP contribution in [-0.2, 0) is 0 Å². The standard InChI is InChI=1S/C2Cl2F4Se2/c3-1(5,6)9-10-2(4,7)8. The third kappa shape index (κ3) is 9.34. The minimum atomic E-state index is -3.49. The summed E-state index contributed by atoms with van der Waals surface area (Å²) in [5.41, 5.74) is 0. The molecule has 0 fully saturated rings. The third-order valence-corrected chi connectivity index (χ3v) is 9.63. The summed E-state index contributed by atoms with van der Waals surface area (Å²) in [7, 11) is 0. The first-order valence-electron chi connectivity index (χ1n) is 1.71. The van der Waals surface area contributed by atoms with Crippen molar-refractivity contribution in [3.8, 4) is 0 Å². The van der Waals surface area contributed by atoms with Gasteiger partial charge in [-0.3, -0.25) is 0 Å². The molecule has 0 unspecified atom stereocenters. The zero-order valence-electron chi connectivity index (χ0n) is 4.08. The molecule has 0 N–H and O–H groups in total. The number of alkyl halides is 6. The third-order valence-electron chi connectivity index (χ3n) is 0.231. The Labute approximate surface area is 75.5 Å². The first kappa shape index (κ1) is 11.3. The molecule has 0 amide bonds. The first-order chi connectivity index (χ1) is 4.21. The average molecular weight is 329 g/mol. The van der Waals surface area contributed by atoms with Crippen LogP contribution in [0.1, 0.15) is 0 Å². The number of halogens is 6. The normalized spacial score (nSPS) is 13.8. The van der Waals surface area contributed by atoms with Gasteiger partial charge in [-0.15, -0.1) is 0 Å². The molecule has 0 aliphatic heterocycles. The number of hydrogen-bond acceptors (Lipinski definition) is 0. The van der Waals surface area contributed by atoms with Crippen LogP contribution in [0.4, 0.5) is 17.6 Å². The van der Waals surface area contributed by atoms with Gasteiger partial charge in [0.1, 0.15) is 0 Å². The molecule has 0 saturated heterocycles. The van der Waals surface area contributed by atoms with Gasteiger partial charge in [-0.1, -0.05) is 0 Å². The summed E-state index contributed by atoms with van der Waals surface area (Å²) in [5.74, 6) is 0. The van der Waals surface area contributed by atoms with Gasteiger partial charge < -0.3 is 0 Å². The van der Waals surface area contributed by atoms with Crippen molar-refractivity contribution in [2.24, 2.45) is 0 Å². The molecule has 0 aliphatic rings. The SMILES string of the molecule is FC(F)(Cl)[Se][Se]C(F)(F)Cl. The summed E-state index contributed by atoms with van der Waals surface area (Å²) in [6, 6.07) is 0. The van der Waals surface area contributed by atoms with E-state index >= 15 is 0 Å². The summed E-state index contributed by atoms with van der Waals surface area (Å²) in [6.45, 7) is 0. The predicted molar refractivity (Wildman–Crippen MR) is 33.1 cm³/mol. The monoisotopic (exact) mass is 330 g/mol. The second-order valence-electron chi connectivity index (χ2n) is 1.06. The molecule has 0 saturated carbocycles. The predicted octanol–water partition coefficient (Wildman–Crippen LogP) is 1.89. The Morgan fingerprint density at radius 1 is 0.800 bits per heavy atom. The Morgan fingerprint density at radius 3 is 1.10 bits per heavy atom. The van der Waals surface area contributed by atoms with Crippen molar-refractivity contribution in [3.05, 3.63) is 0 Å². The van der Waals surface area contributed by atoms with Gasteiger partial charge in [-0.25, -0.2) is 0 Å². The summed E-state index contributed by atoms with van der Waals surface area (Å²) >= 11 is 5.53. The molecule has 0 aliphatic carbocycles. The molecule has 0 aromatic carbocycles. The molecular weight excluding hydrogens is 329 g/mol. The molecule has 0 radical (unpaired) electrons. The van der Waals surface area contributed by atoms with Crippen LogP contribution in [0.2, 0.25) is 0 Å². The number of hydrogen-bond donors (Lipinski definition) is 0. The van der Waals surface area contributed by atoms with Crippen molar-refractivity contribution >= 4 is 49.5 Å². The van der Waals surface area contributed by atoms with Crippen LogP contribution in [-0.4, -0.2) is 34.8 Å². The molecule has 10 heavy (non-hydrogen) atoms. The quantitative estimate of drug-likeness (QED) is 0.422. The zero-order valence-corrected chi connectivity index (χ0v) is 9.02. The fourth-order valence-corrected chi connectivity index (χ4v) is 4.25. The fourth-order valence-electron chi connectivity index (χ4n) is 0.0945. The molecule has 0 nitrogen and oxygen atoms in total. The zero-order chi connectivity index (χ0) is 8.41. The summed E-state index contributed by atoms with van der Waals surface area (Å²) < 4.78 is 39.7. The molecule has 0 spiro atoms. The van der Waals surface area contributed by atoms with Crippen LogP contribution in [0.15, 0.2) is 0 Å². The first-order valence-corrected chi connectivity index (χ1v) is 8.51. The second-order valence-corrected chi connectivity index (χ2v) is 9.51. The maximum absolute atomic E-state index is 11.7. The van der Waals surface area contributed by atoms with Crippen molar-refractivity contribution in [1.29, 1.82) is 0 Å². The van der Waals surface area contributed by atoms with E-state index < -0.39 is 34.8 Å². The fraction of sp³-hybridized carbons (Fsp3) is 1.00. The van der Waals surface area contributed by atoms with Gasteiger partial charge in [0, 0.05) is 0 Å². The van der Waals surface area contributed by atoms with Gasteiger partial charge in [0.05, 0.1) is 0 Å². The van der Waals surface area contributed by atoms with E-state index in [4.69, 9.17) is 0 Å². The second kappa shape index (κ2) is 3.83. The molecule has 8 heteroatoms. The van der Waals surface area contributed by atoms with Crippen LogP contribution >= 0.6 is 23.2 Å². The van der Waals surface area contributed by atoms with Crippen LogP contribution in [0.3, 0.4) is 0 Å². The van der Waals surface area contributed by atoms with Gasteiger partial charge in [-0.05, 0) is 0 Å². The van der Waals surface area contributed by atoms with Gasteiger partial charge in [0.15, 0.2) is 0 Å². The van der Waals surface area contributed by atoms with Crippen molar-refractivity contribution in [2.75, 3.05) is 0 Å². The van der Waals surface area contributed by atoms with Gasteiger partial charge in [0.25, 0.3) is 0 Å². The van der Waals surface area contributed by atoms with E-state index in [1.165, 1.54) is 0 Å². The molecule has 0 bridgehead atoms. The molecule has 0 heterocycles. The van der Waals surface area contributed by atoms with Crippen molar-refractivity contribution < 1.29 is 17.6 Å². The Balaban J connectivity index is 3.56. The van der Waals surface area contributed by atoms with E-state index in [-0.39, 0.29) is 0 Å². The van der Waals surface area contributed by atoms with Gasteiger partial charge >= 0.3 is 75.6 Å². The maximum atomic E-state index is 11.7. The van der Waals surface area contributed by atoms with E-state index in [1.807, 2.05) is 0 Å². The van der Waals surface area contributed by atoms with E-state index in [9.17, 15) is 17.6 Å². The molecule has 0 rings (SSSR count). The van der Waals surface area contributed by atoms with E-state index in [2.05, 4.69) is 23.2 Å². The van der Waals surface area contributed by atoms with Gasteiger partial charge in [0.2, 0.25) is 0 Å². The van der Waals surface area contributed by atoms with Crippen LogP contribution in [0, 0.1) is 0 Å². The molecule has 62 valence electrons. The summed E-state index contributed by atoms with van der Waals surface area (Å²) in [4.78, 5) is 0. The van der Waals surface area contributed by atoms with Crippen molar-refractivity contribution in [2.45, 2.75) is 8.56 Å². The van der Waals surface area contributed by atoms with E-state index in [0.717, 1.165) is 0 Å². The van der Waals surface area contributed by atoms with Crippen LogP contribution in [0.25, 0.3) is 0 Å². The van der Waals surface area contributed by atoms with Crippen LogP contribution in [0.5, 0.6) is 0 Å². The van der Waals surface area contributed by atoms with Gasteiger partial charge in [-0.2, -0.15) is 0 Å². The molecular formula is C2Cl2F4Se2. The average Bonchev–Trinajstić information content (AvgIpc) is 1.57. The summed E-state index contributed by atoms with van der Waals surface area (Å²) in [6.07, 6.45) is 0. The topological polar surface area (TPSA) is 0 Å². The summed E-state index contributed by atoms with van der Waals surface area (Å²) in [5, 5.41) is 0. The molecule has 0 aromatic heterocycles. The molecule has 0 aromatic rings. The Hall–Kier alpha value is 1.34. The van der Waals surface area contributed by atoms with E-state index in [1.54, 1.807) is 0 Å². The minimum absolute atomic E-state index is 1.59. The van der Waals surface area contributed by atoms with Crippen molar-refractivity contribution in [1.82, 2.24) is 0 Å². The Bertz CT molecular complexity index is 92.8. The van der Waals surface area contributed by atoms with Crippen LogP contribution < -0.4 is 0 Å². The van der Waals surface area contributed by atoms with E-state index in [0.29, 0.717) is 0 Å². The Kier molecular flexibility index (Phi) is 4.35. The van der Waals surface area contributed by atoms with Crippen molar-refractivity contribution in [3.63, 3.8) is 0 Å².